The second-order valence-corrected chi connectivity index (χ2v) is 6.61. The first-order valence-electron chi connectivity index (χ1n) is 7.48. The Bertz CT molecular complexity index is 1270. The third-order valence-electron chi connectivity index (χ3n) is 4.56. The summed E-state index contributed by atoms with van der Waals surface area (Å²) in [6, 6.07) is 16.6. The highest BCUT2D eigenvalue weighted by atomic mass is 32.1. The standard InChI is InChI=1S/C19H10N2OS/c1-3-7-12-10(5-1)14-16(21-12)18-15(19-17(14)20-9-23-19)11-6-2-4-8-13(11)22-18/h1-9,21H. The lowest BCUT2D eigenvalue weighted by atomic mass is 10.1. The van der Waals surface area contributed by atoms with E-state index in [1.165, 1.54) is 10.1 Å². The van der Waals surface area contributed by atoms with Crippen LogP contribution >= 0.6 is 11.3 Å². The van der Waals surface area contributed by atoms with Crippen LogP contribution in [0.25, 0.3) is 54.0 Å². The van der Waals surface area contributed by atoms with Crippen molar-refractivity contribution in [3.05, 3.63) is 54.0 Å². The molecule has 23 heavy (non-hydrogen) atoms. The van der Waals surface area contributed by atoms with Crippen LogP contribution in [-0.2, 0) is 0 Å². The zero-order valence-electron chi connectivity index (χ0n) is 12.0. The second kappa shape index (κ2) is 3.91. The number of hydrogen-bond donors (Lipinski definition) is 1. The van der Waals surface area contributed by atoms with Gasteiger partial charge in [0.05, 0.1) is 21.2 Å². The van der Waals surface area contributed by atoms with Gasteiger partial charge < -0.3 is 9.40 Å². The van der Waals surface area contributed by atoms with Crippen LogP contribution in [-0.4, -0.2) is 9.97 Å². The average Bonchev–Trinajstić information content (AvgIpc) is 3.28. The summed E-state index contributed by atoms with van der Waals surface area (Å²) in [4.78, 5) is 8.20. The van der Waals surface area contributed by atoms with Gasteiger partial charge in [-0.1, -0.05) is 36.4 Å². The first-order chi connectivity index (χ1) is 11.4. The number of hydrogen-bond acceptors (Lipinski definition) is 3. The van der Waals surface area contributed by atoms with E-state index in [2.05, 4.69) is 40.3 Å². The molecule has 4 heteroatoms. The summed E-state index contributed by atoms with van der Waals surface area (Å²) in [6.07, 6.45) is 0. The third kappa shape index (κ3) is 1.33. The van der Waals surface area contributed by atoms with Gasteiger partial charge in [0.25, 0.3) is 0 Å². The summed E-state index contributed by atoms with van der Waals surface area (Å²) in [6.45, 7) is 0. The molecule has 3 nitrogen and oxygen atoms in total. The number of furan rings is 1. The molecule has 0 aliphatic carbocycles. The SMILES string of the molecule is c1ccc2c(c1)[nH]c1c3oc4ccccc4c3c3scnc3c21. The molecule has 0 radical (unpaired) electrons. The molecule has 108 valence electrons. The molecule has 0 aliphatic rings. The minimum absolute atomic E-state index is 0.920. The van der Waals surface area contributed by atoms with Crippen molar-refractivity contribution >= 4 is 65.3 Å². The van der Waals surface area contributed by atoms with Crippen LogP contribution in [0.5, 0.6) is 0 Å². The minimum atomic E-state index is 0.920. The maximum absolute atomic E-state index is 6.22. The topological polar surface area (TPSA) is 41.8 Å². The first-order valence-corrected chi connectivity index (χ1v) is 8.36. The van der Waals surface area contributed by atoms with E-state index in [0.717, 1.165) is 43.9 Å². The zero-order chi connectivity index (χ0) is 15.0. The van der Waals surface area contributed by atoms with E-state index in [1.807, 2.05) is 23.7 Å². The van der Waals surface area contributed by atoms with Crippen LogP contribution in [0, 0.1) is 0 Å². The van der Waals surface area contributed by atoms with Crippen molar-refractivity contribution in [3.63, 3.8) is 0 Å². The Labute approximate surface area is 134 Å². The van der Waals surface area contributed by atoms with Crippen molar-refractivity contribution in [2.75, 3.05) is 0 Å². The van der Waals surface area contributed by atoms with Gasteiger partial charge in [0.1, 0.15) is 5.58 Å². The molecule has 6 aromatic rings. The fraction of sp³-hybridized carbons (Fsp3) is 0. The molecule has 0 saturated heterocycles. The Morgan fingerprint density at radius 2 is 1.74 bits per heavy atom. The highest BCUT2D eigenvalue weighted by Gasteiger charge is 2.20. The van der Waals surface area contributed by atoms with E-state index in [-0.39, 0.29) is 0 Å². The van der Waals surface area contributed by atoms with Crippen LogP contribution in [0.3, 0.4) is 0 Å². The second-order valence-electron chi connectivity index (χ2n) is 5.75. The van der Waals surface area contributed by atoms with Crippen molar-refractivity contribution in [2.24, 2.45) is 0 Å². The smallest absolute Gasteiger partial charge is 0.161 e. The molecule has 0 saturated carbocycles. The number of fused-ring (bicyclic) bond motifs is 10. The Balaban J connectivity index is 2.07. The number of rotatable bonds is 0. The molecule has 0 spiro atoms. The Morgan fingerprint density at radius 1 is 0.913 bits per heavy atom. The van der Waals surface area contributed by atoms with E-state index >= 15 is 0 Å². The predicted octanol–water partition coefficient (Wildman–Crippen LogP) is 5.83. The van der Waals surface area contributed by atoms with Gasteiger partial charge >= 0.3 is 0 Å². The van der Waals surface area contributed by atoms with Crippen molar-refractivity contribution in [3.8, 4) is 0 Å². The number of H-pyrrole nitrogens is 1. The molecule has 3 heterocycles. The average molecular weight is 314 g/mol. The van der Waals surface area contributed by atoms with Crippen LogP contribution in [0.2, 0.25) is 0 Å². The lowest BCUT2D eigenvalue weighted by Crippen LogP contribution is -1.75. The van der Waals surface area contributed by atoms with E-state index < -0.39 is 0 Å². The summed E-state index contributed by atoms with van der Waals surface area (Å²) in [5.41, 5.74) is 6.98. The molecule has 0 amide bonds. The molecule has 0 aliphatic heterocycles. The fourth-order valence-electron chi connectivity index (χ4n) is 3.61. The number of aromatic nitrogens is 2. The molecule has 6 rings (SSSR count). The van der Waals surface area contributed by atoms with Gasteiger partial charge in [-0.3, -0.25) is 0 Å². The molecule has 0 atom stereocenters. The quantitative estimate of drug-likeness (QED) is 0.383. The van der Waals surface area contributed by atoms with Crippen LogP contribution < -0.4 is 0 Å². The highest BCUT2D eigenvalue weighted by Crippen LogP contribution is 2.43. The number of benzene rings is 3. The highest BCUT2D eigenvalue weighted by molar-refractivity contribution is 7.18. The largest absolute Gasteiger partial charge is 0.454 e. The Morgan fingerprint density at radius 3 is 2.70 bits per heavy atom. The number of aromatic amines is 1. The molecular formula is C19H10N2OS. The number of nitrogens with zero attached hydrogens (tertiary/aromatic N) is 1. The van der Waals surface area contributed by atoms with Crippen molar-refractivity contribution < 1.29 is 4.42 Å². The lowest BCUT2D eigenvalue weighted by Gasteiger charge is -1.96. The molecule has 0 fully saturated rings. The molecule has 3 aromatic heterocycles. The van der Waals surface area contributed by atoms with Gasteiger partial charge in [0.2, 0.25) is 0 Å². The van der Waals surface area contributed by atoms with Gasteiger partial charge in [-0.25, -0.2) is 4.98 Å². The fourth-order valence-corrected chi connectivity index (χ4v) is 4.46. The monoisotopic (exact) mass is 314 g/mol. The van der Waals surface area contributed by atoms with E-state index in [9.17, 15) is 0 Å². The third-order valence-corrected chi connectivity index (χ3v) is 5.40. The molecule has 0 unspecified atom stereocenters. The summed E-state index contributed by atoms with van der Waals surface area (Å²) >= 11 is 1.68. The van der Waals surface area contributed by atoms with Crippen molar-refractivity contribution in [1.29, 1.82) is 0 Å². The zero-order valence-corrected chi connectivity index (χ0v) is 12.8. The van der Waals surface area contributed by atoms with E-state index in [4.69, 9.17) is 4.42 Å². The predicted molar refractivity (Wildman–Crippen MR) is 96.3 cm³/mol. The van der Waals surface area contributed by atoms with Crippen LogP contribution in [0.15, 0.2) is 58.5 Å². The van der Waals surface area contributed by atoms with E-state index in [0.29, 0.717) is 0 Å². The summed E-state index contributed by atoms with van der Waals surface area (Å²) < 4.78 is 7.42. The maximum Gasteiger partial charge on any atom is 0.161 e. The Hall–Kier alpha value is -2.85. The van der Waals surface area contributed by atoms with Gasteiger partial charge in [-0.15, -0.1) is 11.3 Å². The van der Waals surface area contributed by atoms with Crippen LogP contribution in [0.4, 0.5) is 0 Å². The summed E-state index contributed by atoms with van der Waals surface area (Å²) in [5.74, 6) is 0. The van der Waals surface area contributed by atoms with Gasteiger partial charge in [-0.2, -0.15) is 0 Å². The number of para-hydroxylation sites is 2. The summed E-state index contributed by atoms with van der Waals surface area (Å²) in [5, 5.41) is 4.67. The normalized spacial score (nSPS) is 12.3. The summed E-state index contributed by atoms with van der Waals surface area (Å²) in [7, 11) is 0. The number of nitrogens with one attached hydrogen (secondary N) is 1. The molecular weight excluding hydrogens is 304 g/mol. The van der Waals surface area contributed by atoms with Gasteiger partial charge in [0, 0.05) is 27.1 Å². The number of thiazole rings is 1. The Kier molecular flexibility index (Phi) is 1.99. The lowest BCUT2D eigenvalue weighted by molar-refractivity contribution is 0.672. The molecule has 0 bridgehead atoms. The van der Waals surface area contributed by atoms with E-state index in [1.54, 1.807) is 11.3 Å². The van der Waals surface area contributed by atoms with Gasteiger partial charge in [-0.05, 0) is 12.1 Å². The molecule has 3 aromatic carbocycles. The van der Waals surface area contributed by atoms with Crippen LogP contribution in [0.1, 0.15) is 0 Å². The maximum atomic E-state index is 6.22. The first kappa shape index (κ1) is 11.7. The van der Waals surface area contributed by atoms with Crippen molar-refractivity contribution in [1.82, 2.24) is 9.97 Å². The van der Waals surface area contributed by atoms with Gasteiger partial charge in [0.15, 0.2) is 5.58 Å². The molecule has 1 N–H and O–H groups in total. The van der Waals surface area contributed by atoms with Crippen molar-refractivity contribution in [2.45, 2.75) is 0 Å². The minimum Gasteiger partial charge on any atom is -0.454 e.